The number of hydrogen-bond donors (Lipinski definition) is 0. The van der Waals surface area contributed by atoms with E-state index in [-0.39, 0.29) is 5.97 Å². The van der Waals surface area contributed by atoms with Crippen LogP contribution in [0.25, 0.3) is 0 Å². The molecule has 0 spiro atoms. The number of methoxy groups -OCH3 is 1. The van der Waals surface area contributed by atoms with Crippen molar-refractivity contribution >= 4 is 5.97 Å². The first-order chi connectivity index (χ1) is 9.04. The number of imidazole rings is 2. The maximum absolute atomic E-state index is 11.7. The highest BCUT2D eigenvalue weighted by atomic mass is 16.5. The normalized spacial score (nSPS) is 11.0. The van der Waals surface area contributed by atoms with E-state index in [1.807, 2.05) is 11.5 Å². The number of ether oxygens (including phenoxy) is 1. The molecule has 0 unspecified atom stereocenters. The average molecular weight is 262 g/mol. The maximum Gasteiger partial charge on any atom is 0.356 e. The molecule has 19 heavy (non-hydrogen) atoms. The second-order valence-electron chi connectivity index (χ2n) is 4.65. The zero-order chi connectivity index (χ0) is 14.0. The van der Waals surface area contributed by atoms with Crippen LogP contribution in [0.4, 0.5) is 0 Å². The van der Waals surface area contributed by atoms with Crippen LogP contribution in [0.3, 0.4) is 0 Å². The molecule has 0 fully saturated rings. The summed E-state index contributed by atoms with van der Waals surface area (Å²) in [7, 11) is 1.37. The molecule has 0 aliphatic carbocycles. The van der Waals surface area contributed by atoms with Crippen molar-refractivity contribution in [3.63, 3.8) is 0 Å². The van der Waals surface area contributed by atoms with Crippen molar-refractivity contribution in [1.82, 2.24) is 19.1 Å². The van der Waals surface area contributed by atoms with Gasteiger partial charge in [-0.15, -0.1) is 0 Å². The number of carbonyl (C=O) groups excluding carboxylic acids is 1. The minimum absolute atomic E-state index is 0.322. The van der Waals surface area contributed by atoms with Crippen LogP contribution in [0.5, 0.6) is 0 Å². The molecule has 0 amide bonds. The summed E-state index contributed by atoms with van der Waals surface area (Å²) in [5, 5.41) is 0. The van der Waals surface area contributed by atoms with Gasteiger partial charge in [-0.05, 0) is 20.8 Å². The van der Waals surface area contributed by atoms with Gasteiger partial charge in [0.15, 0.2) is 0 Å². The van der Waals surface area contributed by atoms with Gasteiger partial charge in [-0.3, -0.25) is 0 Å². The van der Waals surface area contributed by atoms with Crippen LogP contribution in [-0.2, 0) is 11.3 Å². The number of esters is 1. The van der Waals surface area contributed by atoms with Crippen molar-refractivity contribution in [3.05, 3.63) is 35.9 Å². The maximum atomic E-state index is 11.7. The van der Waals surface area contributed by atoms with Crippen molar-refractivity contribution in [2.24, 2.45) is 0 Å². The Morgan fingerprint density at radius 2 is 2.16 bits per heavy atom. The number of rotatable bonds is 4. The van der Waals surface area contributed by atoms with E-state index >= 15 is 0 Å². The lowest BCUT2D eigenvalue weighted by molar-refractivity contribution is 0.0588. The Morgan fingerprint density at radius 1 is 1.42 bits per heavy atom. The Morgan fingerprint density at radius 3 is 2.79 bits per heavy atom. The van der Waals surface area contributed by atoms with Crippen LogP contribution >= 0.6 is 0 Å². The van der Waals surface area contributed by atoms with Crippen molar-refractivity contribution in [2.75, 3.05) is 7.11 Å². The highest BCUT2D eigenvalue weighted by molar-refractivity contribution is 5.87. The lowest BCUT2D eigenvalue weighted by atomic mass is 10.3. The quantitative estimate of drug-likeness (QED) is 0.788. The molecule has 0 saturated carbocycles. The predicted molar refractivity (Wildman–Crippen MR) is 70.0 cm³/mol. The predicted octanol–water partition coefficient (Wildman–Crippen LogP) is 1.80. The molecule has 2 heterocycles. The lowest BCUT2D eigenvalue weighted by Crippen LogP contribution is -2.15. The second-order valence-corrected chi connectivity index (χ2v) is 4.65. The molecule has 2 aromatic rings. The van der Waals surface area contributed by atoms with E-state index in [4.69, 9.17) is 4.74 Å². The van der Waals surface area contributed by atoms with Crippen LogP contribution < -0.4 is 0 Å². The molecular weight excluding hydrogens is 244 g/mol. The van der Waals surface area contributed by atoms with E-state index in [0.717, 1.165) is 11.5 Å². The van der Waals surface area contributed by atoms with Gasteiger partial charge in [-0.2, -0.15) is 0 Å². The Kier molecular flexibility index (Phi) is 3.69. The van der Waals surface area contributed by atoms with Gasteiger partial charge in [-0.1, -0.05) is 0 Å². The molecular formula is C13H18N4O2. The van der Waals surface area contributed by atoms with Gasteiger partial charge in [0.2, 0.25) is 0 Å². The van der Waals surface area contributed by atoms with Crippen LogP contribution in [0, 0.1) is 6.92 Å². The van der Waals surface area contributed by atoms with Crippen LogP contribution in [-0.4, -0.2) is 32.2 Å². The van der Waals surface area contributed by atoms with Gasteiger partial charge >= 0.3 is 5.97 Å². The van der Waals surface area contributed by atoms with Crippen molar-refractivity contribution in [3.8, 4) is 0 Å². The number of hydrogen-bond acceptors (Lipinski definition) is 4. The smallest absolute Gasteiger partial charge is 0.356 e. The minimum Gasteiger partial charge on any atom is -0.464 e. The summed E-state index contributed by atoms with van der Waals surface area (Å²) in [6.07, 6.45) is 5.14. The summed E-state index contributed by atoms with van der Waals surface area (Å²) in [5.74, 6) is 0.396. The molecule has 0 N–H and O–H groups in total. The summed E-state index contributed by atoms with van der Waals surface area (Å²) < 4.78 is 8.67. The Balaban J connectivity index is 2.35. The fraction of sp³-hybridized carbons (Fsp3) is 0.462. The first-order valence-corrected chi connectivity index (χ1v) is 6.15. The fourth-order valence-electron chi connectivity index (χ4n) is 2.02. The Bertz CT molecular complexity index is 583. The fourth-order valence-corrected chi connectivity index (χ4v) is 2.02. The Hall–Kier alpha value is -2.11. The SMILES string of the molecule is COC(=O)c1cnc(C)n1Cc1cncn1C(C)C. The van der Waals surface area contributed by atoms with Gasteiger partial charge < -0.3 is 13.9 Å². The molecule has 2 aromatic heterocycles. The summed E-state index contributed by atoms with van der Waals surface area (Å²) in [6, 6.07) is 0.322. The average Bonchev–Trinajstić information content (AvgIpc) is 2.97. The van der Waals surface area contributed by atoms with Crippen molar-refractivity contribution in [2.45, 2.75) is 33.4 Å². The third kappa shape index (κ3) is 2.52. The third-order valence-corrected chi connectivity index (χ3v) is 3.07. The van der Waals surface area contributed by atoms with E-state index < -0.39 is 0 Å². The molecule has 0 aliphatic heterocycles. The first kappa shape index (κ1) is 13.3. The van der Waals surface area contributed by atoms with Gasteiger partial charge in [0.25, 0.3) is 0 Å². The topological polar surface area (TPSA) is 61.9 Å². The highest BCUT2D eigenvalue weighted by Crippen LogP contribution is 2.14. The van der Waals surface area contributed by atoms with Gasteiger partial charge in [0.1, 0.15) is 11.5 Å². The van der Waals surface area contributed by atoms with Crippen molar-refractivity contribution < 1.29 is 9.53 Å². The van der Waals surface area contributed by atoms with E-state index in [9.17, 15) is 4.79 Å². The summed E-state index contributed by atoms with van der Waals surface area (Å²) in [6.45, 7) is 6.59. The van der Waals surface area contributed by atoms with Gasteiger partial charge in [0, 0.05) is 12.2 Å². The molecule has 2 rings (SSSR count). The zero-order valence-corrected chi connectivity index (χ0v) is 11.6. The van der Waals surface area contributed by atoms with Gasteiger partial charge in [-0.25, -0.2) is 14.8 Å². The Labute approximate surface area is 112 Å². The van der Waals surface area contributed by atoms with E-state index in [0.29, 0.717) is 18.3 Å². The number of carbonyl (C=O) groups is 1. The lowest BCUT2D eigenvalue weighted by Gasteiger charge is -2.14. The van der Waals surface area contributed by atoms with E-state index in [1.165, 1.54) is 13.3 Å². The highest BCUT2D eigenvalue weighted by Gasteiger charge is 2.16. The van der Waals surface area contributed by atoms with E-state index in [1.54, 1.807) is 12.5 Å². The van der Waals surface area contributed by atoms with Crippen LogP contribution in [0.15, 0.2) is 18.7 Å². The molecule has 6 heteroatoms. The molecule has 0 atom stereocenters. The number of nitrogens with zero attached hydrogens (tertiary/aromatic N) is 4. The second kappa shape index (κ2) is 5.26. The third-order valence-electron chi connectivity index (χ3n) is 3.07. The molecule has 0 aromatic carbocycles. The molecule has 0 aliphatic rings. The summed E-state index contributed by atoms with van der Waals surface area (Å²) in [4.78, 5) is 20.0. The van der Waals surface area contributed by atoms with E-state index in [2.05, 4.69) is 28.4 Å². The van der Waals surface area contributed by atoms with Crippen molar-refractivity contribution in [1.29, 1.82) is 0 Å². The standard InChI is InChI=1S/C13H18N4O2/c1-9(2)17-8-14-5-11(17)7-16-10(3)15-6-12(16)13(18)19-4/h5-6,8-9H,7H2,1-4H3. The monoisotopic (exact) mass is 262 g/mol. The number of aryl methyl sites for hydroxylation is 1. The first-order valence-electron chi connectivity index (χ1n) is 6.15. The molecule has 0 radical (unpaired) electrons. The summed E-state index contributed by atoms with van der Waals surface area (Å²) >= 11 is 0. The van der Waals surface area contributed by atoms with Crippen LogP contribution in [0.2, 0.25) is 0 Å². The van der Waals surface area contributed by atoms with Crippen LogP contribution in [0.1, 0.15) is 41.9 Å². The largest absolute Gasteiger partial charge is 0.464 e. The number of aromatic nitrogens is 4. The molecule has 0 saturated heterocycles. The molecule has 102 valence electrons. The molecule has 6 nitrogen and oxygen atoms in total. The summed E-state index contributed by atoms with van der Waals surface area (Å²) in [5.41, 5.74) is 1.48. The van der Waals surface area contributed by atoms with Gasteiger partial charge in [0.05, 0.1) is 31.9 Å². The minimum atomic E-state index is -0.379. The molecule has 0 bridgehead atoms. The zero-order valence-electron chi connectivity index (χ0n) is 11.6.